The number of carbonyl (C=O) groups is 5. The zero-order valence-electron chi connectivity index (χ0n) is 18.1. The predicted octanol–water partition coefficient (Wildman–Crippen LogP) is -3.42. The number of carbonyl (C=O) groups excluding carboxylic acids is 4. The van der Waals surface area contributed by atoms with Crippen LogP contribution in [0, 0.1) is 0 Å². The first-order valence-electron chi connectivity index (χ1n) is 10.3. The van der Waals surface area contributed by atoms with Crippen LogP contribution in [0.1, 0.15) is 31.9 Å². The Kier molecular flexibility index (Phi) is 8.87. The highest BCUT2D eigenvalue weighted by molar-refractivity contribution is 5.96. The van der Waals surface area contributed by atoms with Crippen LogP contribution in [-0.2, 0) is 30.4 Å². The highest BCUT2D eigenvalue weighted by atomic mass is 16.4. The highest BCUT2D eigenvalue weighted by Crippen LogP contribution is 2.19. The number of H-pyrrole nitrogens is 1. The van der Waals surface area contributed by atoms with E-state index < -0.39 is 66.3 Å². The number of nitrogens with one attached hydrogen (secondary N) is 3. The van der Waals surface area contributed by atoms with E-state index in [0.29, 0.717) is 12.1 Å². The van der Waals surface area contributed by atoms with Gasteiger partial charge in [-0.1, -0.05) is 0 Å². The maximum absolute atomic E-state index is 12.9. The molecule has 2 rings (SSSR count). The van der Waals surface area contributed by atoms with Crippen molar-refractivity contribution in [1.29, 1.82) is 0 Å². The van der Waals surface area contributed by atoms with E-state index in [1.54, 1.807) is 0 Å². The van der Waals surface area contributed by atoms with Gasteiger partial charge in [0.25, 0.3) is 0 Å². The van der Waals surface area contributed by atoms with Crippen LogP contribution in [0.15, 0.2) is 12.5 Å². The minimum absolute atomic E-state index is 0.0916. The summed E-state index contributed by atoms with van der Waals surface area (Å²) in [6.45, 7) is 1.39. The van der Waals surface area contributed by atoms with Gasteiger partial charge in [-0.15, -0.1) is 0 Å². The molecule has 1 aromatic heterocycles. The summed E-state index contributed by atoms with van der Waals surface area (Å²) in [6.07, 6.45) is 1.70. The van der Waals surface area contributed by atoms with Crippen molar-refractivity contribution in [1.82, 2.24) is 25.5 Å². The Bertz CT molecular complexity index is 874. The quantitative estimate of drug-likeness (QED) is 0.171. The van der Waals surface area contributed by atoms with Gasteiger partial charge in [-0.3, -0.25) is 19.2 Å². The minimum atomic E-state index is -1.50. The fourth-order valence-electron chi connectivity index (χ4n) is 3.54. The maximum atomic E-state index is 12.9. The molecule has 0 radical (unpaired) electrons. The third-order valence-electron chi connectivity index (χ3n) is 5.23. The molecule has 1 fully saturated rings. The van der Waals surface area contributed by atoms with Gasteiger partial charge >= 0.3 is 5.97 Å². The van der Waals surface area contributed by atoms with E-state index in [1.807, 2.05) is 0 Å². The lowest BCUT2D eigenvalue weighted by molar-refractivity contribution is -0.150. The van der Waals surface area contributed by atoms with E-state index in [9.17, 15) is 34.2 Å². The second kappa shape index (κ2) is 11.4. The molecule has 0 aromatic carbocycles. The second-order valence-corrected chi connectivity index (χ2v) is 7.87. The monoisotopic (exact) mass is 467 g/mol. The normalized spacial score (nSPS) is 19.2. The van der Waals surface area contributed by atoms with Crippen molar-refractivity contribution >= 4 is 29.6 Å². The van der Waals surface area contributed by atoms with E-state index in [4.69, 9.17) is 11.5 Å². The van der Waals surface area contributed by atoms with Crippen molar-refractivity contribution in [3.63, 3.8) is 0 Å². The maximum Gasteiger partial charge on any atom is 0.326 e. The summed E-state index contributed by atoms with van der Waals surface area (Å²) < 4.78 is 0. The van der Waals surface area contributed by atoms with Gasteiger partial charge < -0.3 is 42.2 Å². The van der Waals surface area contributed by atoms with Crippen LogP contribution in [0.5, 0.6) is 0 Å². The molecule has 1 aliphatic heterocycles. The average molecular weight is 467 g/mol. The number of hydrogen-bond acceptors (Lipinski definition) is 8. The van der Waals surface area contributed by atoms with Gasteiger partial charge in [0.05, 0.1) is 24.9 Å². The van der Waals surface area contributed by atoms with Gasteiger partial charge in [-0.2, -0.15) is 0 Å². The molecule has 9 N–H and O–H groups in total. The van der Waals surface area contributed by atoms with Crippen molar-refractivity contribution < 1.29 is 34.2 Å². The second-order valence-electron chi connectivity index (χ2n) is 7.87. The molecular formula is C19H29N7O7. The predicted molar refractivity (Wildman–Crippen MR) is 112 cm³/mol. The van der Waals surface area contributed by atoms with E-state index in [2.05, 4.69) is 20.6 Å². The fourth-order valence-corrected chi connectivity index (χ4v) is 3.54. The molecule has 1 aromatic rings. The summed E-state index contributed by atoms with van der Waals surface area (Å²) in [5, 5.41) is 24.0. The molecule has 1 aliphatic rings. The van der Waals surface area contributed by atoms with Gasteiger partial charge in [0, 0.05) is 24.9 Å². The lowest BCUT2D eigenvalue weighted by atomic mass is 10.1. The summed E-state index contributed by atoms with van der Waals surface area (Å²) in [4.78, 5) is 68.7. The number of carboxylic acid groups (broad SMARTS) is 1. The van der Waals surface area contributed by atoms with E-state index in [0.717, 1.165) is 4.90 Å². The van der Waals surface area contributed by atoms with Crippen molar-refractivity contribution in [2.24, 2.45) is 11.5 Å². The average Bonchev–Trinajstić information content (AvgIpc) is 3.41. The first-order valence-corrected chi connectivity index (χ1v) is 10.3. The number of aromatic nitrogens is 2. The Morgan fingerprint density at radius 1 is 1.27 bits per heavy atom. The van der Waals surface area contributed by atoms with Crippen LogP contribution in [0.4, 0.5) is 0 Å². The lowest BCUT2D eigenvalue weighted by Gasteiger charge is -2.29. The van der Waals surface area contributed by atoms with Gasteiger partial charge in [0.15, 0.2) is 0 Å². The molecule has 5 unspecified atom stereocenters. The number of hydrogen-bond donors (Lipinski definition) is 7. The summed E-state index contributed by atoms with van der Waals surface area (Å²) in [6, 6.07) is -5.12. The largest absolute Gasteiger partial charge is 0.480 e. The first kappa shape index (κ1) is 25.7. The van der Waals surface area contributed by atoms with Crippen molar-refractivity contribution in [3.8, 4) is 0 Å². The molecule has 14 heteroatoms. The fraction of sp³-hybridized carbons (Fsp3) is 0.579. The van der Waals surface area contributed by atoms with Gasteiger partial charge in [0.2, 0.25) is 23.6 Å². The lowest BCUT2D eigenvalue weighted by Crippen LogP contribution is -2.60. The van der Waals surface area contributed by atoms with Gasteiger partial charge in [-0.25, -0.2) is 9.78 Å². The SMILES string of the molecule is CC(O)C(NC(=O)C(N)Cc1cnc[nH]1)C(=O)NC(CC(N)=O)C(=O)N1CCCC1C(=O)O. The number of amides is 4. The molecule has 33 heavy (non-hydrogen) atoms. The van der Waals surface area contributed by atoms with Crippen LogP contribution in [-0.4, -0.2) is 91.5 Å². The molecule has 4 amide bonds. The van der Waals surface area contributed by atoms with Crippen LogP contribution in [0.3, 0.4) is 0 Å². The van der Waals surface area contributed by atoms with Gasteiger partial charge in [-0.05, 0) is 19.8 Å². The zero-order valence-corrected chi connectivity index (χ0v) is 18.1. The number of aliphatic hydroxyl groups excluding tert-OH is 1. The standard InChI is InChI=1S/C19H29N7O7/c1-9(27)15(25-16(29)11(20)5-10-7-22-8-23-10)17(30)24-12(6-14(21)28)18(31)26-4-2-3-13(26)19(32)33/h7-9,11-13,15,27H,2-6,20H2,1H3,(H2,21,28)(H,22,23)(H,24,30)(H,25,29)(H,32,33). The third-order valence-corrected chi connectivity index (χ3v) is 5.23. The molecule has 2 heterocycles. The summed E-state index contributed by atoms with van der Waals surface area (Å²) in [5.74, 6) is -4.60. The van der Waals surface area contributed by atoms with Crippen LogP contribution < -0.4 is 22.1 Å². The van der Waals surface area contributed by atoms with Crippen molar-refractivity contribution in [2.45, 2.75) is 62.9 Å². The Morgan fingerprint density at radius 3 is 2.52 bits per heavy atom. The number of imidazole rings is 1. The number of primary amides is 1. The molecule has 0 aliphatic carbocycles. The van der Waals surface area contributed by atoms with Crippen LogP contribution >= 0.6 is 0 Å². The number of aliphatic carboxylic acids is 1. The molecule has 0 spiro atoms. The summed E-state index contributed by atoms with van der Waals surface area (Å²) in [7, 11) is 0. The number of likely N-dealkylation sites (tertiary alicyclic amines) is 1. The van der Waals surface area contributed by atoms with Gasteiger partial charge in [0.1, 0.15) is 18.1 Å². The van der Waals surface area contributed by atoms with E-state index in [-0.39, 0.29) is 19.4 Å². The molecule has 182 valence electrons. The van der Waals surface area contributed by atoms with Crippen LogP contribution in [0.25, 0.3) is 0 Å². The molecule has 14 nitrogen and oxygen atoms in total. The Hall–Kier alpha value is -3.52. The first-order chi connectivity index (χ1) is 15.5. The van der Waals surface area contributed by atoms with Crippen molar-refractivity contribution in [2.75, 3.05) is 6.54 Å². The van der Waals surface area contributed by atoms with Crippen molar-refractivity contribution in [3.05, 3.63) is 18.2 Å². The van der Waals surface area contributed by atoms with E-state index >= 15 is 0 Å². The van der Waals surface area contributed by atoms with Crippen LogP contribution in [0.2, 0.25) is 0 Å². The Balaban J connectivity index is 2.10. The summed E-state index contributed by atoms with van der Waals surface area (Å²) >= 11 is 0. The smallest absolute Gasteiger partial charge is 0.326 e. The third kappa shape index (κ3) is 6.98. The Labute approximate surface area is 189 Å². The number of aromatic amines is 1. The molecule has 0 bridgehead atoms. The number of nitrogens with zero attached hydrogens (tertiary/aromatic N) is 2. The van der Waals surface area contributed by atoms with E-state index in [1.165, 1.54) is 19.4 Å². The number of nitrogens with two attached hydrogens (primary N) is 2. The number of carboxylic acids is 1. The Morgan fingerprint density at radius 2 is 1.97 bits per heavy atom. The zero-order chi connectivity index (χ0) is 24.7. The number of rotatable bonds is 11. The molecular weight excluding hydrogens is 438 g/mol. The summed E-state index contributed by atoms with van der Waals surface area (Å²) in [5.41, 5.74) is 11.6. The highest BCUT2D eigenvalue weighted by Gasteiger charge is 2.39. The topological polar surface area (TPSA) is 234 Å². The molecule has 5 atom stereocenters. The molecule has 0 saturated carbocycles. The molecule has 1 saturated heterocycles. The minimum Gasteiger partial charge on any atom is -0.480 e. The number of aliphatic hydroxyl groups is 1.